The van der Waals surface area contributed by atoms with Crippen molar-refractivity contribution in [2.45, 2.75) is 71.4 Å². The van der Waals surface area contributed by atoms with E-state index < -0.39 is 6.29 Å². The molecule has 2 rings (SSSR count). The molecule has 2 amide bonds. The number of ether oxygens (including phenoxy) is 2. The first-order valence-corrected chi connectivity index (χ1v) is 9.14. The molecule has 0 bridgehead atoms. The highest BCUT2D eigenvalue weighted by Crippen LogP contribution is 2.27. The number of amides is 2. The lowest BCUT2D eigenvalue weighted by Gasteiger charge is -2.25. The van der Waals surface area contributed by atoms with Gasteiger partial charge in [-0.15, -0.1) is 10.2 Å². The highest BCUT2D eigenvalue weighted by Gasteiger charge is 2.25. The first kappa shape index (κ1) is 19.1. The van der Waals surface area contributed by atoms with Crippen molar-refractivity contribution < 1.29 is 14.3 Å². The van der Waals surface area contributed by atoms with Gasteiger partial charge in [-0.1, -0.05) is 32.1 Å². The van der Waals surface area contributed by atoms with Gasteiger partial charge in [-0.3, -0.25) is 5.32 Å². The molecule has 2 atom stereocenters. The number of urea groups is 1. The molecule has 0 aliphatic carbocycles. The van der Waals surface area contributed by atoms with Crippen LogP contribution in [0.1, 0.15) is 52.5 Å². The number of rotatable bonds is 3. The predicted octanol–water partition coefficient (Wildman–Crippen LogP) is 3.23. The van der Waals surface area contributed by atoms with Crippen LogP contribution in [-0.2, 0) is 14.9 Å². The van der Waals surface area contributed by atoms with Gasteiger partial charge in [-0.2, -0.15) is 0 Å². The third-order valence-corrected chi connectivity index (χ3v) is 5.06. The van der Waals surface area contributed by atoms with E-state index in [-0.39, 0.29) is 23.7 Å². The number of carbonyl (C=O) groups is 1. The Hall–Kier alpha value is -1.25. The van der Waals surface area contributed by atoms with E-state index in [4.69, 9.17) is 9.47 Å². The van der Waals surface area contributed by atoms with E-state index in [0.717, 1.165) is 17.8 Å². The summed E-state index contributed by atoms with van der Waals surface area (Å²) < 4.78 is 11.7. The largest absolute Gasteiger partial charge is 0.348 e. The van der Waals surface area contributed by atoms with Crippen molar-refractivity contribution in [3.63, 3.8) is 0 Å². The molecule has 1 fully saturated rings. The monoisotopic (exact) mass is 356 g/mol. The summed E-state index contributed by atoms with van der Waals surface area (Å²) in [6.45, 7) is 10.6. The SMILES string of the molecule is CC1CCC(C)OC(CN(C)C(=O)Nc2nnc(C(C)(C)C)s2)O1. The van der Waals surface area contributed by atoms with Crippen LogP contribution in [-0.4, -0.2) is 53.2 Å². The lowest BCUT2D eigenvalue weighted by molar-refractivity contribution is -0.172. The second-order valence-electron chi connectivity index (χ2n) is 7.37. The Labute approximate surface area is 147 Å². The average molecular weight is 356 g/mol. The fourth-order valence-corrected chi connectivity index (χ4v) is 3.10. The normalized spacial score (nSPS) is 25.2. The number of likely N-dealkylation sites (N-methyl/N-ethyl adjacent to an activating group) is 1. The Morgan fingerprint density at radius 2 is 1.83 bits per heavy atom. The van der Waals surface area contributed by atoms with E-state index in [0.29, 0.717) is 11.7 Å². The summed E-state index contributed by atoms with van der Waals surface area (Å²) in [5, 5.41) is 12.3. The average Bonchev–Trinajstić information content (AvgIpc) is 2.87. The first-order valence-electron chi connectivity index (χ1n) is 8.32. The summed E-state index contributed by atoms with van der Waals surface area (Å²) in [6.07, 6.45) is 1.79. The Morgan fingerprint density at radius 3 is 2.33 bits per heavy atom. The summed E-state index contributed by atoms with van der Waals surface area (Å²) in [4.78, 5) is 13.9. The van der Waals surface area contributed by atoms with Gasteiger partial charge in [0.25, 0.3) is 0 Å². The molecule has 1 aliphatic rings. The Morgan fingerprint density at radius 1 is 1.25 bits per heavy atom. The van der Waals surface area contributed by atoms with E-state index in [2.05, 4.69) is 36.3 Å². The quantitative estimate of drug-likeness (QED) is 0.900. The van der Waals surface area contributed by atoms with Gasteiger partial charge in [-0.25, -0.2) is 4.79 Å². The number of nitrogens with zero attached hydrogens (tertiary/aromatic N) is 3. The maximum atomic E-state index is 12.3. The zero-order chi connectivity index (χ0) is 17.9. The van der Waals surface area contributed by atoms with Crippen molar-refractivity contribution in [3.05, 3.63) is 5.01 Å². The molecule has 2 heterocycles. The molecule has 8 heteroatoms. The molecule has 1 aromatic rings. The van der Waals surface area contributed by atoms with Crippen LogP contribution in [0.2, 0.25) is 0 Å². The first-order chi connectivity index (χ1) is 11.1. The smallest absolute Gasteiger partial charge is 0.323 e. The topological polar surface area (TPSA) is 76.6 Å². The van der Waals surface area contributed by atoms with Crippen molar-refractivity contribution >= 4 is 22.5 Å². The van der Waals surface area contributed by atoms with Gasteiger partial charge < -0.3 is 14.4 Å². The van der Waals surface area contributed by atoms with Gasteiger partial charge >= 0.3 is 6.03 Å². The second-order valence-corrected chi connectivity index (χ2v) is 8.35. The molecular formula is C16H28N4O3S. The maximum absolute atomic E-state index is 12.3. The highest BCUT2D eigenvalue weighted by molar-refractivity contribution is 7.15. The highest BCUT2D eigenvalue weighted by atomic mass is 32.1. The van der Waals surface area contributed by atoms with E-state index in [1.807, 2.05) is 13.8 Å². The van der Waals surface area contributed by atoms with Crippen LogP contribution in [0, 0.1) is 0 Å². The Balaban J connectivity index is 1.90. The lowest BCUT2D eigenvalue weighted by atomic mass is 9.98. The minimum Gasteiger partial charge on any atom is -0.348 e. The third kappa shape index (κ3) is 5.39. The zero-order valence-electron chi connectivity index (χ0n) is 15.3. The zero-order valence-corrected chi connectivity index (χ0v) is 16.1. The second kappa shape index (κ2) is 7.76. The van der Waals surface area contributed by atoms with Crippen LogP contribution in [0.25, 0.3) is 0 Å². The summed E-state index contributed by atoms with van der Waals surface area (Å²) in [6, 6.07) is -0.247. The summed E-state index contributed by atoms with van der Waals surface area (Å²) in [7, 11) is 1.72. The molecule has 0 aromatic carbocycles. The molecule has 7 nitrogen and oxygen atoms in total. The van der Waals surface area contributed by atoms with E-state index in [1.54, 1.807) is 11.9 Å². The van der Waals surface area contributed by atoms with Crippen LogP contribution in [0.3, 0.4) is 0 Å². The summed E-state index contributed by atoms with van der Waals surface area (Å²) >= 11 is 1.39. The minimum atomic E-state index is -0.409. The number of hydrogen-bond donors (Lipinski definition) is 1. The number of aromatic nitrogens is 2. The van der Waals surface area contributed by atoms with Gasteiger partial charge in [0.1, 0.15) is 5.01 Å². The lowest BCUT2D eigenvalue weighted by Crippen LogP contribution is -2.40. The Kier molecular flexibility index (Phi) is 6.17. The summed E-state index contributed by atoms with van der Waals surface area (Å²) in [5.41, 5.74) is -0.0825. The molecule has 2 unspecified atom stereocenters. The van der Waals surface area contributed by atoms with E-state index in [1.165, 1.54) is 11.3 Å². The van der Waals surface area contributed by atoms with E-state index >= 15 is 0 Å². The van der Waals surface area contributed by atoms with Gasteiger partial charge in [0.2, 0.25) is 5.13 Å². The van der Waals surface area contributed by atoms with Gasteiger partial charge in [-0.05, 0) is 26.7 Å². The van der Waals surface area contributed by atoms with Crippen molar-refractivity contribution in [1.29, 1.82) is 0 Å². The molecule has 0 spiro atoms. The van der Waals surface area contributed by atoms with Crippen LogP contribution in [0.5, 0.6) is 0 Å². The molecule has 1 saturated heterocycles. The van der Waals surface area contributed by atoms with E-state index in [9.17, 15) is 4.79 Å². The fraction of sp³-hybridized carbons (Fsp3) is 0.812. The number of hydrogen-bond acceptors (Lipinski definition) is 6. The standard InChI is InChI=1S/C16H28N4O3S/c1-10-7-8-11(2)23-12(22-10)9-20(6)15(21)17-14-19-18-13(24-14)16(3,4)5/h10-12H,7-9H2,1-6H3,(H,17,19,21). The molecule has 0 saturated carbocycles. The van der Waals surface area contributed by atoms with Crippen LogP contribution >= 0.6 is 11.3 Å². The fourth-order valence-electron chi connectivity index (χ4n) is 2.31. The molecule has 0 radical (unpaired) electrons. The molecule has 1 aromatic heterocycles. The van der Waals surface area contributed by atoms with Crippen LogP contribution in [0.4, 0.5) is 9.93 Å². The molecule has 1 N–H and O–H groups in total. The number of anilines is 1. The number of nitrogens with one attached hydrogen (secondary N) is 1. The molecule has 136 valence electrons. The molecule has 1 aliphatic heterocycles. The van der Waals surface area contributed by atoms with Gasteiger partial charge in [0.05, 0.1) is 18.8 Å². The predicted molar refractivity (Wildman–Crippen MR) is 94.4 cm³/mol. The van der Waals surface area contributed by atoms with Crippen LogP contribution < -0.4 is 5.32 Å². The minimum absolute atomic E-state index is 0.0825. The maximum Gasteiger partial charge on any atom is 0.323 e. The third-order valence-electron chi connectivity index (χ3n) is 3.80. The molecular weight excluding hydrogens is 328 g/mol. The van der Waals surface area contributed by atoms with Gasteiger partial charge in [0.15, 0.2) is 6.29 Å². The van der Waals surface area contributed by atoms with Crippen molar-refractivity contribution in [1.82, 2.24) is 15.1 Å². The van der Waals surface area contributed by atoms with Crippen molar-refractivity contribution in [2.24, 2.45) is 0 Å². The van der Waals surface area contributed by atoms with Crippen LogP contribution in [0.15, 0.2) is 0 Å². The molecule has 24 heavy (non-hydrogen) atoms. The number of carbonyl (C=O) groups excluding carboxylic acids is 1. The summed E-state index contributed by atoms with van der Waals surface area (Å²) in [5.74, 6) is 0. The van der Waals surface area contributed by atoms with Gasteiger partial charge in [0, 0.05) is 12.5 Å². The van der Waals surface area contributed by atoms with Crippen molar-refractivity contribution in [3.8, 4) is 0 Å². The Bertz CT molecular complexity index is 546. The van der Waals surface area contributed by atoms with Crippen molar-refractivity contribution in [2.75, 3.05) is 18.9 Å².